The van der Waals surface area contributed by atoms with Crippen LogP contribution >= 0.6 is 15.9 Å². The number of anilines is 1. The van der Waals surface area contributed by atoms with Crippen LogP contribution in [0.25, 0.3) is 5.69 Å². The molecule has 0 saturated carbocycles. The SMILES string of the molecule is CNc1nc(C)cn1-c1ccc(Br)c(OC)c1. The van der Waals surface area contributed by atoms with E-state index in [9.17, 15) is 0 Å². The van der Waals surface area contributed by atoms with Gasteiger partial charge in [-0.1, -0.05) is 0 Å². The molecule has 1 N–H and O–H groups in total. The van der Waals surface area contributed by atoms with Gasteiger partial charge in [-0.3, -0.25) is 4.57 Å². The lowest BCUT2D eigenvalue weighted by atomic mass is 10.3. The Morgan fingerprint density at radius 2 is 2.18 bits per heavy atom. The fourth-order valence-electron chi connectivity index (χ4n) is 1.67. The van der Waals surface area contributed by atoms with Crippen molar-refractivity contribution in [2.24, 2.45) is 0 Å². The molecule has 1 heterocycles. The zero-order chi connectivity index (χ0) is 12.4. The minimum Gasteiger partial charge on any atom is -0.495 e. The van der Waals surface area contributed by atoms with Crippen molar-refractivity contribution in [3.05, 3.63) is 34.6 Å². The average molecular weight is 296 g/mol. The molecule has 1 aromatic carbocycles. The number of hydrogen-bond acceptors (Lipinski definition) is 3. The fraction of sp³-hybridized carbons (Fsp3) is 0.250. The zero-order valence-electron chi connectivity index (χ0n) is 9.99. The van der Waals surface area contributed by atoms with Crippen molar-refractivity contribution >= 4 is 21.9 Å². The van der Waals surface area contributed by atoms with Crippen LogP contribution < -0.4 is 10.1 Å². The molecule has 0 radical (unpaired) electrons. The van der Waals surface area contributed by atoms with Gasteiger partial charge in [-0.25, -0.2) is 4.98 Å². The monoisotopic (exact) mass is 295 g/mol. The molecular weight excluding hydrogens is 282 g/mol. The van der Waals surface area contributed by atoms with Crippen LogP contribution in [0.3, 0.4) is 0 Å². The number of nitrogens with zero attached hydrogens (tertiary/aromatic N) is 2. The van der Waals surface area contributed by atoms with Gasteiger partial charge in [0.1, 0.15) is 5.75 Å². The highest BCUT2D eigenvalue weighted by atomic mass is 79.9. The maximum Gasteiger partial charge on any atom is 0.207 e. The number of rotatable bonds is 3. The van der Waals surface area contributed by atoms with E-state index in [0.29, 0.717) is 0 Å². The second-order valence-corrected chi connectivity index (χ2v) is 4.50. The fourth-order valence-corrected chi connectivity index (χ4v) is 2.08. The molecule has 90 valence electrons. The van der Waals surface area contributed by atoms with Gasteiger partial charge in [0, 0.05) is 19.3 Å². The van der Waals surface area contributed by atoms with Gasteiger partial charge >= 0.3 is 0 Å². The van der Waals surface area contributed by atoms with Gasteiger partial charge in [0.05, 0.1) is 23.0 Å². The van der Waals surface area contributed by atoms with E-state index in [1.54, 1.807) is 7.11 Å². The molecule has 17 heavy (non-hydrogen) atoms. The summed E-state index contributed by atoms with van der Waals surface area (Å²) in [6, 6.07) is 5.93. The van der Waals surface area contributed by atoms with Gasteiger partial charge in [0.2, 0.25) is 5.95 Å². The number of benzene rings is 1. The van der Waals surface area contributed by atoms with Crippen LogP contribution in [0, 0.1) is 6.92 Å². The summed E-state index contributed by atoms with van der Waals surface area (Å²) in [4.78, 5) is 4.38. The Bertz CT molecular complexity index is 537. The third-order valence-electron chi connectivity index (χ3n) is 2.46. The highest BCUT2D eigenvalue weighted by molar-refractivity contribution is 9.10. The molecule has 0 aliphatic carbocycles. The van der Waals surface area contributed by atoms with Crippen LogP contribution in [0.4, 0.5) is 5.95 Å². The molecule has 0 saturated heterocycles. The van der Waals surface area contributed by atoms with E-state index < -0.39 is 0 Å². The first-order chi connectivity index (χ1) is 8.15. The van der Waals surface area contributed by atoms with Crippen LogP contribution in [0.5, 0.6) is 5.75 Å². The Hall–Kier alpha value is -1.49. The highest BCUT2D eigenvalue weighted by Crippen LogP contribution is 2.28. The van der Waals surface area contributed by atoms with Gasteiger partial charge < -0.3 is 10.1 Å². The summed E-state index contributed by atoms with van der Waals surface area (Å²) in [5, 5.41) is 3.07. The Morgan fingerprint density at radius 1 is 1.41 bits per heavy atom. The summed E-state index contributed by atoms with van der Waals surface area (Å²) in [6.07, 6.45) is 1.98. The average Bonchev–Trinajstić information content (AvgIpc) is 2.71. The Balaban J connectivity index is 2.52. The van der Waals surface area contributed by atoms with E-state index in [1.807, 2.05) is 42.9 Å². The number of aryl methyl sites for hydroxylation is 1. The van der Waals surface area contributed by atoms with Crippen LogP contribution in [-0.4, -0.2) is 23.7 Å². The molecule has 2 aromatic rings. The topological polar surface area (TPSA) is 39.1 Å². The molecular formula is C12H14BrN3O. The summed E-state index contributed by atoms with van der Waals surface area (Å²) < 4.78 is 8.21. The maximum absolute atomic E-state index is 5.29. The minimum absolute atomic E-state index is 0.802. The van der Waals surface area contributed by atoms with Crippen molar-refractivity contribution in [1.82, 2.24) is 9.55 Å². The van der Waals surface area contributed by atoms with Crippen LogP contribution in [0.2, 0.25) is 0 Å². The number of halogens is 1. The predicted octanol–water partition coefficient (Wildman–Crippen LogP) is 2.99. The van der Waals surface area contributed by atoms with E-state index >= 15 is 0 Å². The van der Waals surface area contributed by atoms with Gasteiger partial charge in [-0.05, 0) is 35.0 Å². The van der Waals surface area contributed by atoms with Crippen LogP contribution in [-0.2, 0) is 0 Å². The van der Waals surface area contributed by atoms with E-state index in [4.69, 9.17) is 4.74 Å². The summed E-state index contributed by atoms with van der Waals surface area (Å²) in [7, 11) is 3.51. The molecule has 0 atom stereocenters. The molecule has 2 rings (SSSR count). The first kappa shape index (κ1) is 12.0. The molecule has 0 unspecified atom stereocenters. The van der Waals surface area contributed by atoms with E-state index in [2.05, 4.69) is 26.2 Å². The summed E-state index contributed by atoms with van der Waals surface area (Å²) in [6.45, 7) is 1.97. The number of nitrogens with one attached hydrogen (secondary N) is 1. The summed E-state index contributed by atoms with van der Waals surface area (Å²) >= 11 is 3.44. The molecule has 0 spiro atoms. The third-order valence-corrected chi connectivity index (χ3v) is 3.12. The highest BCUT2D eigenvalue weighted by Gasteiger charge is 2.08. The first-order valence-corrected chi connectivity index (χ1v) is 6.02. The molecule has 0 aliphatic rings. The third kappa shape index (κ3) is 2.29. The van der Waals surface area contributed by atoms with Crippen LogP contribution in [0.15, 0.2) is 28.9 Å². The molecule has 0 amide bonds. The summed E-state index contributed by atoms with van der Waals surface area (Å²) in [5.74, 6) is 1.61. The lowest BCUT2D eigenvalue weighted by molar-refractivity contribution is 0.412. The van der Waals surface area contributed by atoms with Crippen molar-refractivity contribution < 1.29 is 4.74 Å². The van der Waals surface area contributed by atoms with Crippen molar-refractivity contribution in [3.63, 3.8) is 0 Å². The second kappa shape index (κ2) is 4.79. The quantitative estimate of drug-likeness (QED) is 0.946. The standard InChI is InChI=1S/C12H14BrN3O/c1-8-7-16(12(14-2)15-8)9-4-5-10(13)11(6-9)17-3/h4-7H,1-3H3,(H,14,15). The van der Waals surface area contributed by atoms with E-state index in [1.165, 1.54) is 0 Å². The molecule has 0 bridgehead atoms. The lowest BCUT2D eigenvalue weighted by Gasteiger charge is -2.09. The zero-order valence-corrected chi connectivity index (χ0v) is 11.6. The summed E-state index contributed by atoms with van der Waals surface area (Å²) in [5.41, 5.74) is 1.98. The van der Waals surface area contributed by atoms with Gasteiger partial charge in [0.25, 0.3) is 0 Å². The Morgan fingerprint density at radius 3 is 2.82 bits per heavy atom. The number of methoxy groups -OCH3 is 1. The number of aromatic nitrogens is 2. The smallest absolute Gasteiger partial charge is 0.207 e. The minimum atomic E-state index is 0.802. The lowest BCUT2D eigenvalue weighted by Crippen LogP contribution is -2.00. The molecule has 4 nitrogen and oxygen atoms in total. The van der Waals surface area contributed by atoms with Gasteiger partial charge in [-0.2, -0.15) is 0 Å². The van der Waals surface area contributed by atoms with Gasteiger partial charge in [-0.15, -0.1) is 0 Å². The van der Waals surface area contributed by atoms with Crippen molar-refractivity contribution in [3.8, 4) is 11.4 Å². The van der Waals surface area contributed by atoms with Crippen molar-refractivity contribution in [2.45, 2.75) is 6.92 Å². The van der Waals surface area contributed by atoms with E-state index in [-0.39, 0.29) is 0 Å². The second-order valence-electron chi connectivity index (χ2n) is 3.64. The normalized spacial score (nSPS) is 10.4. The van der Waals surface area contributed by atoms with E-state index in [0.717, 1.165) is 27.6 Å². The predicted molar refractivity (Wildman–Crippen MR) is 72.1 cm³/mol. The molecule has 5 heteroatoms. The van der Waals surface area contributed by atoms with Gasteiger partial charge in [0.15, 0.2) is 0 Å². The first-order valence-electron chi connectivity index (χ1n) is 5.23. The van der Waals surface area contributed by atoms with Crippen LogP contribution in [0.1, 0.15) is 5.69 Å². The van der Waals surface area contributed by atoms with Crippen molar-refractivity contribution in [1.29, 1.82) is 0 Å². The number of hydrogen-bond donors (Lipinski definition) is 1. The largest absolute Gasteiger partial charge is 0.495 e. The molecule has 0 fully saturated rings. The molecule has 1 aromatic heterocycles. The number of ether oxygens (including phenoxy) is 1. The maximum atomic E-state index is 5.29. The van der Waals surface area contributed by atoms with Crippen molar-refractivity contribution in [2.75, 3.05) is 19.5 Å². The molecule has 0 aliphatic heterocycles. The Kier molecular flexibility index (Phi) is 3.38. The Labute approximate surface area is 109 Å². The number of imidazole rings is 1.